The highest BCUT2D eigenvalue weighted by molar-refractivity contribution is 6.73. The molecule has 2 unspecified atom stereocenters. The normalized spacial score (nSPS) is 34.0. The van der Waals surface area contributed by atoms with Gasteiger partial charge in [-0.05, 0) is 45.8 Å². The second kappa shape index (κ2) is 8.37. The Hall–Kier alpha value is -0.313. The Bertz CT molecular complexity index is 468. The maximum atomic E-state index is 11.2. The highest BCUT2D eigenvalue weighted by Gasteiger charge is 2.52. The lowest BCUT2D eigenvalue weighted by Gasteiger charge is -2.46. The monoisotopic (exact) mass is 388 g/mol. The van der Waals surface area contributed by atoms with Crippen LogP contribution in [0.4, 0.5) is 0 Å². The summed E-state index contributed by atoms with van der Waals surface area (Å²) in [4.78, 5) is 11.2. The van der Waals surface area contributed by atoms with Gasteiger partial charge in [0.25, 0.3) is 0 Å². The third-order valence-corrected chi connectivity index (χ3v) is 10.3. The van der Waals surface area contributed by atoms with E-state index in [4.69, 9.17) is 23.4 Å². The first-order valence-electron chi connectivity index (χ1n) is 9.89. The maximum absolute atomic E-state index is 11.2. The zero-order valence-electron chi connectivity index (χ0n) is 17.4. The lowest BCUT2D eigenvalue weighted by Crippen LogP contribution is -2.59. The minimum absolute atomic E-state index is 0.216. The Morgan fingerprint density at radius 2 is 1.54 bits per heavy atom. The van der Waals surface area contributed by atoms with E-state index in [2.05, 4.69) is 20.8 Å². The molecule has 0 bridgehead atoms. The van der Waals surface area contributed by atoms with E-state index in [9.17, 15) is 4.79 Å². The van der Waals surface area contributed by atoms with Gasteiger partial charge >= 0.3 is 0 Å². The van der Waals surface area contributed by atoms with Crippen LogP contribution in [0.3, 0.4) is 0 Å². The second-order valence-corrected chi connectivity index (χ2v) is 13.0. The number of carbonyl (C=O) groups excluding carboxylic acids is 1. The van der Waals surface area contributed by atoms with Crippen LogP contribution < -0.4 is 0 Å². The van der Waals surface area contributed by atoms with Gasteiger partial charge in [0.2, 0.25) is 0 Å². The van der Waals surface area contributed by atoms with Gasteiger partial charge in [0.05, 0.1) is 18.8 Å². The van der Waals surface area contributed by atoms with E-state index in [1.807, 2.05) is 27.7 Å². The van der Waals surface area contributed by atoms with Gasteiger partial charge in [-0.2, -0.15) is 0 Å². The van der Waals surface area contributed by atoms with E-state index in [1.165, 1.54) is 0 Å². The van der Waals surface area contributed by atoms with Gasteiger partial charge in [0.1, 0.15) is 18.5 Å². The standard InChI is InChI=1S/C19H36O6Si/c1-8-26(9-2,10-3)25-15-13-21-18(4,5)23-17(15)16-14(11-12-20)22-19(6,7)24-16/h12,14-17H,8-11,13H2,1-7H3/t14?,15?,16-,17-/m1/s1. The van der Waals surface area contributed by atoms with Crippen molar-refractivity contribution in [2.45, 2.75) is 109 Å². The van der Waals surface area contributed by atoms with Crippen LogP contribution >= 0.6 is 0 Å². The van der Waals surface area contributed by atoms with Crippen LogP contribution in [0, 0.1) is 0 Å². The van der Waals surface area contributed by atoms with Crippen molar-refractivity contribution in [3.05, 3.63) is 0 Å². The van der Waals surface area contributed by atoms with E-state index in [1.54, 1.807) is 0 Å². The van der Waals surface area contributed by atoms with Crippen molar-refractivity contribution in [2.75, 3.05) is 6.61 Å². The van der Waals surface area contributed by atoms with Gasteiger partial charge in [0.15, 0.2) is 19.9 Å². The fourth-order valence-electron chi connectivity index (χ4n) is 3.93. The average molecular weight is 389 g/mol. The van der Waals surface area contributed by atoms with Gasteiger partial charge in [-0.25, -0.2) is 0 Å². The Labute approximate surface area is 159 Å². The van der Waals surface area contributed by atoms with Gasteiger partial charge < -0.3 is 28.2 Å². The van der Waals surface area contributed by atoms with Crippen LogP contribution in [0.5, 0.6) is 0 Å². The van der Waals surface area contributed by atoms with Crippen LogP contribution in [0.2, 0.25) is 18.1 Å². The zero-order chi connectivity index (χ0) is 19.6. The lowest BCUT2D eigenvalue weighted by molar-refractivity contribution is -0.320. The number of carbonyl (C=O) groups is 1. The summed E-state index contributed by atoms with van der Waals surface area (Å²) < 4.78 is 31.0. The highest BCUT2D eigenvalue weighted by Crippen LogP contribution is 2.38. The molecule has 4 atom stereocenters. The SMILES string of the molecule is CC[Si](CC)(CC)OC1COC(C)(C)O[C@H]1[C@@H]1OC(C)(C)OC1CC=O. The quantitative estimate of drug-likeness (QED) is 0.467. The van der Waals surface area contributed by atoms with Gasteiger partial charge in [0, 0.05) is 6.42 Å². The molecule has 26 heavy (non-hydrogen) atoms. The predicted molar refractivity (Wildman–Crippen MR) is 101 cm³/mol. The molecule has 0 saturated carbocycles. The molecule has 2 fully saturated rings. The summed E-state index contributed by atoms with van der Waals surface area (Å²) in [6, 6.07) is 3.16. The highest BCUT2D eigenvalue weighted by atomic mass is 28.4. The number of rotatable bonds is 8. The van der Waals surface area contributed by atoms with E-state index in [0.29, 0.717) is 6.61 Å². The number of hydrogen-bond acceptors (Lipinski definition) is 6. The summed E-state index contributed by atoms with van der Waals surface area (Å²) in [6.07, 6.45) is -0.0894. The van der Waals surface area contributed by atoms with Crippen molar-refractivity contribution in [1.29, 1.82) is 0 Å². The Morgan fingerprint density at radius 1 is 0.962 bits per heavy atom. The molecule has 2 saturated heterocycles. The van der Waals surface area contributed by atoms with Crippen LogP contribution in [0.25, 0.3) is 0 Å². The third-order valence-electron chi connectivity index (χ3n) is 5.59. The summed E-state index contributed by atoms with van der Waals surface area (Å²) in [7, 11) is -1.85. The van der Waals surface area contributed by atoms with Crippen molar-refractivity contribution < 1.29 is 28.2 Å². The smallest absolute Gasteiger partial charge is 0.192 e. The molecule has 0 aromatic heterocycles. The van der Waals surface area contributed by atoms with Crippen LogP contribution in [-0.4, -0.2) is 57.2 Å². The third kappa shape index (κ3) is 4.94. The molecular formula is C19H36O6Si. The predicted octanol–water partition coefficient (Wildman–Crippen LogP) is 3.64. The first kappa shape index (κ1) is 22.0. The topological polar surface area (TPSA) is 63.2 Å². The molecular weight excluding hydrogens is 352 g/mol. The second-order valence-electron chi connectivity index (χ2n) is 8.23. The van der Waals surface area contributed by atoms with Crippen molar-refractivity contribution >= 4 is 14.6 Å². The summed E-state index contributed by atoms with van der Waals surface area (Å²) in [5, 5.41) is 0. The van der Waals surface area contributed by atoms with Crippen LogP contribution in [0.1, 0.15) is 54.9 Å². The molecule has 0 aromatic rings. The molecule has 0 amide bonds. The number of aldehydes is 1. The zero-order valence-corrected chi connectivity index (χ0v) is 18.4. The Kier molecular flexibility index (Phi) is 7.07. The summed E-state index contributed by atoms with van der Waals surface area (Å²) in [5.41, 5.74) is 0. The molecule has 2 aliphatic rings. The van der Waals surface area contributed by atoms with Gasteiger partial charge in [-0.15, -0.1) is 0 Å². The van der Waals surface area contributed by atoms with E-state index < -0.39 is 19.9 Å². The van der Waals surface area contributed by atoms with E-state index >= 15 is 0 Å². The molecule has 7 heteroatoms. The van der Waals surface area contributed by atoms with E-state index in [-0.39, 0.29) is 30.8 Å². The van der Waals surface area contributed by atoms with Crippen molar-refractivity contribution in [3.63, 3.8) is 0 Å². The van der Waals surface area contributed by atoms with Crippen molar-refractivity contribution in [2.24, 2.45) is 0 Å². The Morgan fingerprint density at radius 3 is 2.08 bits per heavy atom. The van der Waals surface area contributed by atoms with Crippen LogP contribution in [-0.2, 0) is 28.2 Å². The molecule has 0 aromatic carbocycles. The van der Waals surface area contributed by atoms with Crippen molar-refractivity contribution in [3.8, 4) is 0 Å². The van der Waals surface area contributed by atoms with Gasteiger partial charge in [-0.3, -0.25) is 0 Å². The molecule has 0 radical (unpaired) electrons. The first-order chi connectivity index (χ1) is 12.1. The molecule has 0 N–H and O–H groups in total. The number of ether oxygens (including phenoxy) is 4. The molecule has 2 heterocycles. The maximum Gasteiger partial charge on any atom is 0.192 e. The van der Waals surface area contributed by atoms with Gasteiger partial charge in [-0.1, -0.05) is 20.8 Å². The largest absolute Gasteiger partial charge is 0.409 e. The molecule has 0 aliphatic carbocycles. The summed E-state index contributed by atoms with van der Waals surface area (Å²) >= 11 is 0. The van der Waals surface area contributed by atoms with Crippen molar-refractivity contribution in [1.82, 2.24) is 0 Å². The fourth-order valence-corrected chi connectivity index (χ4v) is 6.78. The Balaban J connectivity index is 2.28. The van der Waals surface area contributed by atoms with E-state index in [0.717, 1.165) is 24.4 Å². The minimum atomic E-state index is -1.85. The molecule has 0 spiro atoms. The first-order valence-corrected chi connectivity index (χ1v) is 12.4. The number of hydrogen-bond donors (Lipinski definition) is 0. The summed E-state index contributed by atoms with van der Waals surface area (Å²) in [5.74, 6) is -1.47. The summed E-state index contributed by atoms with van der Waals surface area (Å²) in [6.45, 7) is 14.6. The molecule has 152 valence electrons. The molecule has 2 aliphatic heterocycles. The lowest BCUT2D eigenvalue weighted by atomic mass is 10.00. The molecule has 6 nitrogen and oxygen atoms in total. The average Bonchev–Trinajstić information content (AvgIpc) is 2.88. The fraction of sp³-hybridized carbons (Fsp3) is 0.947. The van der Waals surface area contributed by atoms with Crippen LogP contribution in [0.15, 0.2) is 0 Å². The minimum Gasteiger partial charge on any atom is -0.409 e. The molecule has 2 rings (SSSR count).